The van der Waals surface area contributed by atoms with Crippen LogP contribution < -0.4 is 9.46 Å². The van der Waals surface area contributed by atoms with E-state index in [0.29, 0.717) is 11.3 Å². The molecule has 0 saturated heterocycles. The summed E-state index contributed by atoms with van der Waals surface area (Å²) in [7, 11) is -2.00. The highest BCUT2D eigenvalue weighted by Crippen LogP contribution is 2.27. The first-order valence-electron chi connectivity index (χ1n) is 5.47. The van der Waals surface area contributed by atoms with Gasteiger partial charge >= 0.3 is 5.97 Å². The molecule has 0 saturated carbocycles. The summed E-state index contributed by atoms with van der Waals surface area (Å²) in [5, 5.41) is 8.55. The van der Waals surface area contributed by atoms with Gasteiger partial charge in [-0.25, -0.2) is 13.2 Å². The van der Waals surface area contributed by atoms with Crippen molar-refractivity contribution in [3.05, 3.63) is 29.8 Å². The fourth-order valence-electron chi connectivity index (χ4n) is 1.32. The number of hydrogen-bond donors (Lipinski definition) is 2. The van der Waals surface area contributed by atoms with E-state index < -0.39 is 16.0 Å². The minimum atomic E-state index is -3.42. The van der Waals surface area contributed by atoms with Crippen molar-refractivity contribution in [1.82, 2.24) is 0 Å². The number of rotatable bonds is 6. The van der Waals surface area contributed by atoms with Crippen LogP contribution >= 0.6 is 0 Å². The number of carboxylic acid groups (broad SMARTS) is 1. The van der Waals surface area contributed by atoms with Crippen molar-refractivity contribution in [2.45, 2.75) is 6.92 Å². The Kier molecular flexibility index (Phi) is 4.94. The average Bonchev–Trinajstić information content (AvgIpc) is 2.36. The van der Waals surface area contributed by atoms with Crippen molar-refractivity contribution in [3.63, 3.8) is 0 Å². The summed E-state index contributed by atoms with van der Waals surface area (Å²) in [4.78, 5) is 10.4. The topological polar surface area (TPSA) is 92.7 Å². The Balaban J connectivity index is 3.13. The Labute approximate surface area is 111 Å². The molecule has 0 amide bonds. The van der Waals surface area contributed by atoms with Crippen LogP contribution in [0.1, 0.15) is 12.5 Å². The fourth-order valence-corrected chi connectivity index (χ4v) is 1.96. The molecule has 1 rings (SSSR count). The molecule has 0 aliphatic heterocycles. The second-order valence-electron chi connectivity index (χ2n) is 3.64. The predicted octanol–water partition coefficient (Wildman–Crippen LogP) is 1.55. The molecular formula is C12H15NO5S. The van der Waals surface area contributed by atoms with Gasteiger partial charge in [0.25, 0.3) is 0 Å². The number of carboxylic acids is 1. The monoisotopic (exact) mass is 285 g/mol. The van der Waals surface area contributed by atoms with E-state index >= 15 is 0 Å². The van der Waals surface area contributed by atoms with Crippen LogP contribution in [0.5, 0.6) is 5.75 Å². The number of nitrogens with one attached hydrogen (secondary N) is 1. The Morgan fingerprint density at radius 3 is 2.68 bits per heavy atom. The van der Waals surface area contributed by atoms with Gasteiger partial charge in [0.05, 0.1) is 18.6 Å². The van der Waals surface area contributed by atoms with Gasteiger partial charge in [0.1, 0.15) is 5.75 Å². The second-order valence-corrected chi connectivity index (χ2v) is 5.65. The largest absolute Gasteiger partial charge is 0.495 e. The van der Waals surface area contributed by atoms with Crippen LogP contribution in [0.4, 0.5) is 5.69 Å². The van der Waals surface area contributed by atoms with Crippen LogP contribution in [-0.2, 0) is 14.8 Å². The lowest BCUT2D eigenvalue weighted by molar-refractivity contribution is -0.131. The van der Waals surface area contributed by atoms with Gasteiger partial charge in [-0.1, -0.05) is 6.07 Å². The molecule has 0 aromatic heterocycles. The second kappa shape index (κ2) is 6.24. The normalized spacial score (nSPS) is 11.5. The van der Waals surface area contributed by atoms with Gasteiger partial charge < -0.3 is 9.84 Å². The Hall–Kier alpha value is -2.02. The van der Waals surface area contributed by atoms with E-state index in [4.69, 9.17) is 9.84 Å². The molecule has 0 fully saturated rings. The van der Waals surface area contributed by atoms with Crippen molar-refractivity contribution in [2.24, 2.45) is 0 Å². The molecule has 0 atom stereocenters. The summed E-state index contributed by atoms with van der Waals surface area (Å²) in [5.41, 5.74) is 0.828. The van der Waals surface area contributed by atoms with Crippen molar-refractivity contribution in [3.8, 4) is 5.75 Å². The van der Waals surface area contributed by atoms with E-state index in [9.17, 15) is 13.2 Å². The average molecular weight is 285 g/mol. The number of aliphatic carboxylic acids is 1. The van der Waals surface area contributed by atoms with Gasteiger partial charge in [-0.3, -0.25) is 4.72 Å². The molecule has 6 nitrogen and oxygen atoms in total. The van der Waals surface area contributed by atoms with E-state index in [0.717, 1.165) is 6.08 Å². The Bertz CT molecular complexity index is 592. The predicted molar refractivity (Wildman–Crippen MR) is 72.7 cm³/mol. The van der Waals surface area contributed by atoms with Gasteiger partial charge in [-0.05, 0) is 30.7 Å². The van der Waals surface area contributed by atoms with E-state index in [1.807, 2.05) is 0 Å². The SMILES string of the molecule is CCS(=O)(=O)Nc1cc(/C=C/C(=O)O)ccc1OC. The molecule has 0 radical (unpaired) electrons. The third kappa shape index (κ3) is 4.63. The fraction of sp³-hybridized carbons (Fsp3) is 0.250. The van der Waals surface area contributed by atoms with Gasteiger partial charge in [0.15, 0.2) is 0 Å². The molecule has 0 bridgehead atoms. The van der Waals surface area contributed by atoms with E-state index in [-0.39, 0.29) is 11.4 Å². The quantitative estimate of drug-likeness (QED) is 0.774. The first-order valence-corrected chi connectivity index (χ1v) is 7.12. The zero-order valence-electron chi connectivity index (χ0n) is 10.6. The molecule has 0 heterocycles. The highest BCUT2D eigenvalue weighted by atomic mass is 32.2. The Morgan fingerprint density at radius 2 is 2.16 bits per heavy atom. The number of hydrogen-bond acceptors (Lipinski definition) is 4. The third-order valence-electron chi connectivity index (χ3n) is 2.29. The molecule has 7 heteroatoms. The smallest absolute Gasteiger partial charge is 0.328 e. The number of carbonyl (C=O) groups is 1. The van der Waals surface area contributed by atoms with Gasteiger partial charge in [0, 0.05) is 6.08 Å². The van der Waals surface area contributed by atoms with Gasteiger partial charge in [0.2, 0.25) is 10.0 Å². The number of anilines is 1. The van der Waals surface area contributed by atoms with Crippen molar-refractivity contribution in [2.75, 3.05) is 17.6 Å². The lowest BCUT2D eigenvalue weighted by Gasteiger charge is -2.11. The van der Waals surface area contributed by atoms with Crippen LogP contribution in [0.3, 0.4) is 0 Å². The van der Waals surface area contributed by atoms with Crippen molar-refractivity contribution < 1.29 is 23.1 Å². The van der Waals surface area contributed by atoms with Crippen molar-refractivity contribution >= 4 is 27.8 Å². The van der Waals surface area contributed by atoms with Crippen LogP contribution in [0.15, 0.2) is 24.3 Å². The number of ether oxygens (including phenoxy) is 1. The lowest BCUT2D eigenvalue weighted by atomic mass is 10.2. The molecular weight excluding hydrogens is 270 g/mol. The number of methoxy groups -OCH3 is 1. The summed E-state index contributed by atoms with van der Waals surface area (Å²) in [6, 6.07) is 4.70. The summed E-state index contributed by atoms with van der Waals surface area (Å²) in [6.07, 6.45) is 2.34. The van der Waals surface area contributed by atoms with Crippen LogP contribution in [0, 0.1) is 0 Å². The van der Waals surface area contributed by atoms with Gasteiger partial charge in [-0.2, -0.15) is 0 Å². The molecule has 0 unspecified atom stereocenters. The summed E-state index contributed by atoms with van der Waals surface area (Å²) in [5.74, 6) is -0.776. The molecule has 0 aliphatic carbocycles. The van der Waals surface area contributed by atoms with Gasteiger partial charge in [-0.15, -0.1) is 0 Å². The first-order chi connectivity index (χ1) is 8.88. The minimum absolute atomic E-state index is 0.0641. The van der Waals surface area contributed by atoms with E-state index in [1.54, 1.807) is 12.1 Å². The number of sulfonamides is 1. The maximum Gasteiger partial charge on any atom is 0.328 e. The zero-order valence-corrected chi connectivity index (χ0v) is 11.4. The maximum absolute atomic E-state index is 11.5. The third-order valence-corrected chi connectivity index (χ3v) is 3.58. The Morgan fingerprint density at radius 1 is 1.47 bits per heavy atom. The van der Waals surface area contributed by atoms with E-state index in [2.05, 4.69) is 4.72 Å². The molecule has 2 N–H and O–H groups in total. The van der Waals surface area contributed by atoms with Crippen LogP contribution in [0.25, 0.3) is 6.08 Å². The van der Waals surface area contributed by atoms with Crippen LogP contribution in [-0.4, -0.2) is 32.4 Å². The minimum Gasteiger partial charge on any atom is -0.495 e. The molecule has 1 aromatic rings. The summed E-state index contributed by atoms with van der Waals surface area (Å²) in [6.45, 7) is 1.52. The van der Waals surface area contributed by atoms with Crippen molar-refractivity contribution in [1.29, 1.82) is 0 Å². The highest BCUT2D eigenvalue weighted by Gasteiger charge is 2.11. The first kappa shape index (κ1) is 15.0. The lowest BCUT2D eigenvalue weighted by Crippen LogP contribution is -2.15. The number of benzene rings is 1. The molecule has 0 spiro atoms. The summed E-state index contributed by atoms with van der Waals surface area (Å²) >= 11 is 0. The molecule has 0 aliphatic rings. The van der Waals surface area contributed by atoms with Crippen LogP contribution in [0.2, 0.25) is 0 Å². The van der Waals surface area contributed by atoms with E-state index in [1.165, 1.54) is 26.2 Å². The molecule has 104 valence electrons. The molecule has 1 aromatic carbocycles. The maximum atomic E-state index is 11.5. The standard InChI is InChI=1S/C12H15NO5S/c1-3-19(16,17)13-10-8-9(5-7-12(14)15)4-6-11(10)18-2/h4-8,13H,3H2,1-2H3,(H,14,15)/b7-5+. The zero-order chi connectivity index (χ0) is 14.5. The molecule has 19 heavy (non-hydrogen) atoms. The highest BCUT2D eigenvalue weighted by molar-refractivity contribution is 7.92. The summed E-state index contributed by atoms with van der Waals surface area (Å²) < 4.78 is 30.5.